The average molecular weight is 126 g/mol. The largest absolute Gasteiger partial charge is 0.264 e. The van der Waals surface area contributed by atoms with Crippen LogP contribution in [0.1, 0.15) is 12.8 Å². The number of nitrogens with zero attached hydrogens (tertiary/aromatic N) is 2. The molecule has 0 N–H and O–H groups in total. The third-order valence-electron chi connectivity index (χ3n) is 1.67. The van der Waals surface area contributed by atoms with Crippen LogP contribution in [0.2, 0.25) is 0 Å². The van der Waals surface area contributed by atoms with Crippen LogP contribution in [0, 0.1) is 27.4 Å². The summed E-state index contributed by atoms with van der Waals surface area (Å²) in [6.07, 6.45) is 1.27. The Morgan fingerprint density at radius 3 is 2.44 bits per heavy atom. The molecule has 2 atom stereocenters. The summed E-state index contributed by atoms with van der Waals surface area (Å²) in [4.78, 5) is 9.64. The van der Waals surface area contributed by atoms with Crippen molar-refractivity contribution in [1.82, 2.24) is 0 Å². The number of nitro groups is 1. The van der Waals surface area contributed by atoms with Gasteiger partial charge in [0, 0.05) is 11.3 Å². The molecule has 0 radical (unpaired) electrons. The quantitative estimate of drug-likeness (QED) is 0.381. The first kappa shape index (κ1) is 6.02. The van der Waals surface area contributed by atoms with E-state index in [0.29, 0.717) is 12.8 Å². The van der Waals surface area contributed by atoms with E-state index >= 15 is 0 Å². The van der Waals surface area contributed by atoms with E-state index in [-0.39, 0.29) is 10.8 Å². The first-order valence-corrected chi connectivity index (χ1v) is 2.79. The van der Waals surface area contributed by atoms with Gasteiger partial charge in [-0.3, -0.25) is 10.1 Å². The first-order chi connectivity index (χ1) is 4.25. The van der Waals surface area contributed by atoms with Crippen molar-refractivity contribution in [2.75, 3.05) is 0 Å². The van der Waals surface area contributed by atoms with Crippen molar-refractivity contribution in [1.29, 1.82) is 5.26 Å². The van der Waals surface area contributed by atoms with Crippen LogP contribution in [0.25, 0.3) is 0 Å². The van der Waals surface area contributed by atoms with Gasteiger partial charge in [0.25, 0.3) is 0 Å². The molecule has 0 amide bonds. The fourth-order valence-electron chi connectivity index (χ4n) is 0.885. The van der Waals surface area contributed by atoms with Crippen molar-refractivity contribution in [3.8, 4) is 6.07 Å². The molecule has 0 aliphatic heterocycles. The highest BCUT2D eigenvalue weighted by Crippen LogP contribution is 2.28. The van der Waals surface area contributed by atoms with Crippen LogP contribution in [0.5, 0.6) is 0 Å². The summed E-state index contributed by atoms with van der Waals surface area (Å²) in [6, 6.07) is 1.32. The van der Waals surface area contributed by atoms with Crippen molar-refractivity contribution in [2.45, 2.75) is 18.9 Å². The minimum Gasteiger partial charge on any atom is -0.264 e. The Hall–Kier alpha value is -1.11. The second-order valence-corrected chi connectivity index (χ2v) is 2.17. The fraction of sp³-hybridized carbons (Fsp3) is 0.800. The maximum absolute atomic E-state index is 10.0. The van der Waals surface area contributed by atoms with Crippen molar-refractivity contribution < 1.29 is 4.92 Å². The van der Waals surface area contributed by atoms with Gasteiger partial charge in [-0.05, 0) is 6.42 Å². The molecule has 0 bridgehead atoms. The third-order valence-corrected chi connectivity index (χ3v) is 1.67. The number of hydrogen-bond acceptors (Lipinski definition) is 3. The van der Waals surface area contributed by atoms with E-state index in [1.807, 2.05) is 6.07 Å². The van der Waals surface area contributed by atoms with E-state index in [4.69, 9.17) is 5.26 Å². The van der Waals surface area contributed by atoms with Gasteiger partial charge < -0.3 is 0 Å². The first-order valence-electron chi connectivity index (χ1n) is 2.79. The third kappa shape index (κ3) is 0.854. The number of rotatable bonds is 1. The van der Waals surface area contributed by atoms with Crippen LogP contribution in [0.15, 0.2) is 0 Å². The zero-order chi connectivity index (χ0) is 6.85. The molecule has 1 saturated carbocycles. The lowest BCUT2D eigenvalue weighted by molar-refractivity contribution is -0.543. The highest BCUT2D eigenvalue weighted by atomic mass is 16.6. The Morgan fingerprint density at radius 1 is 1.67 bits per heavy atom. The van der Waals surface area contributed by atoms with Gasteiger partial charge >= 0.3 is 0 Å². The summed E-state index contributed by atoms with van der Waals surface area (Å²) in [5, 5.41) is 18.3. The monoisotopic (exact) mass is 126 g/mol. The molecule has 2 unspecified atom stereocenters. The molecule has 1 fully saturated rings. The molecule has 1 aliphatic rings. The predicted molar refractivity (Wildman–Crippen MR) is 29.1 cm³/mol. The van der Waals surface area contributed by atoms with Crippen LogP contribution in [0.4, 0.5) is 0 Å². The molecule has 9 heavy (non-hydrogen) atoms. The predicted octanol–water partition coefficient (Wildman–Crippen LogP) is 0.565. The van der Waals surface area contributed by atoms with Gasteiger partial charge in [0.2, 0.25) is 6.04 Å². The van der Waals surface area contributed by atoms with Crippen molar-refractivity contribution in [3.05, 3.63) is 10.1 Å². The van der Waals surface area contributed by atoms with E-state index in [0.717, 1.165) is 0 Å². The zero-order valence-corrected chi connectivity index (χ0v) is 4.78. The van der Waals surface area contributed by atoms with E-state index < -0.39 is 6.04 Å². The SMILES string of the molecule is N#CC1CCC1[N+](=O)[O-]. The molecular formula is C5H6N2O2. The normalized spacial score (nSPS) is 32.3. The summed E-state index contributed by atoms with van der Waals surface area (Å²) in [7, 11) is 0. The summed E-state index contributed by atoms with van der Waals surface area (Å²) in [5.41, 5.74) is 0. The summed E-state index contributed by atoms with van der Waals surface area (Å²) < 4.78 is 0. The van der Waals surface area contributed by atoms with Gasteiger partial charge in [0.05, 0.1) is 6.07 Å². The van der Waals surface area contributed by atoms with Crippen LogP contribution in [-0.4, -0.2) is 11.0 Å². The standard InChI is InChI=1S/C5H6N2O2/c6-3-4-1-2-5(4)7(8)9/h4-5H,1-2H2. The molecule has 4 nitrogen and oxygen atoms in total. The Labute approximate surface area is 52.2 Å². The molecule has 4 heteroatoms. The topological polar surface area (TPSA) is 66.9 Å². The van der Waals surface area contributed by atoms with E-state index in [9.17, 15) is 10.1 Å². The summed E-state index contributed by atoms with van der Waals surface area (Å²) in [6.45, 7) is 0. The molecule has 0 spiro atoms. The van der Waals surface area contributed by atoms with Gasteiger partial charge in [0.15, 0.2) is 0 Å². The van der Waals surface area contributed by atoms with Crippen molar-refractivity contribution in [3.63, 3.8) is 0 Å². The Morgan fingerprint density at radius 2 is 2.33 bits per heavy atom. The van der Waals surface area contributed by atoms with Gasteiger partial charge in [0.1, 0.15) is 5.92 Å². The number of hydrogen-bond donors (Lipinski definition) is 0. The second kappa shape index (κ2) is 2.02. The van der Waals surface area contributed by atoms with Gasteiger partial charge in [-0.25, -0.2) is 0 Å². The molecule has 1 aliphatic carbocycles. The highest BCUT2D eigenvalue weighted by Gasteiger charge is 2.40. The van der Waals surface area contributed by atoms with Gasteiger partial charge in [-0.15, -0.1) is 0 Å². The summed E-state index contributed by atoms with van der Waals surface area (Å²) in [5.74, 6) is -0.319. The minimum absolute atomic E-state index is 0.319. The Kier molecular flexibility index (Phi) is 1.35. The lowest BCUT2D eigenvalue weighted by atomic mass is 9.81. The van der Waals surface area contributed by atoms with Crippen molar-refractivity contribution in [2.24, 2.45) is 5.92 Å². The van der Waals surface area contributed by atoms with Crippen LogP contribution < -0.4 is 0 Å². The Balaban J connectivity index is 2.47. The minimum atomic E-state index is -0.574. The maximum atomic E-state index is 10.0. The zero-order valence-electron chi connectivity index (χ0n) is 4.78. The smallest absolute Gasteiger partial charge is 0.228 e. The van der Waals surface area contributed by atoms with E-state index in [1.165, 1.54) is 0 Å². The van der Waals surface area contributed by atoms with E-state index in [2.05, 4.69) is 0 Å². The molecule has 0 aromatic carbocycles. The molecule has 48 valence electrons. The number of nitriles is 1. The van der Waals surface area contributed by atoms with Crippen LogP contribution in [-0.2, 0) is 0 Å². The lowest BCUT2D eigenvalue weighted by Gasteiger charge is -2.22. The molecule has 0 heterocycles. The molecular weight excluding hydrogens is 120 g/mol. The highest BCUT2D eigenvalue weighted by molar-refractivity contribution is 4.95. The van der Waals surface area contributed by atoms with Crippen molar-refractivity contribution >= 4 is 0 Å². The second-order valence-electron chi connectivity index (χ2n) is 2.17. The summed E-state index contributed by atoms with van der Waals surface area (Å²) >= 11 is 0. The van der Waals surface area contributed by atoms with Crippen LogP contribution >= 0.6 is 0 Å². The average Bonchev–Trinajstić information content (AvgIpc) is 1.61. The van der Waals surface area contributed by atoms with E-state index in [1.54, 1.807) is 0 Å². The fourth-order valence-corrected chi connectivity index (χ4v) is 0.885. The Bertz CT molecular complexity index is 172. The molecule has 0 saturated heterocycles. The lowest BCUT2D eigenvalue weighted by Crippen LogP contribution is -2.37. The van der Waals surface area contributed by atoms with Gasteiger partial charge in [-0.2, -0.15) is 5.26 Å². The molecule has 0 aromatic rings. The van der Waals surface area contributed by atoms with Crippen LogP contribution in [0.3, 0.4) is 0 Å². The van der Waals surface area contributed by atoms with Gasteiger partial charge in [-0.1, -0.05) is 0 Å². The molecule has 1 rings (SSSR count). The maximum Gasteiger partial charge on any atom is 0.228 e. The molecule has 0 aromatic heterocycles.